The molecule has 0 unspecified atom stereocenters. The number of nitrogens with zero attached hydrogens (tertiary/aromatic N) is 2. The van der Waals surface area contributed by atoms with Crippen LogP contribution in [-0.2, 0) is 5.41 Å². The second kappa shape index (κ2) is 22.1. The van der Waals surface area contributed by atoms with E-state index < -0.39 is 5.41 Å². The van der Waals surface area contributed by atoms with Crippen molar-refractivity contribution in [2.75, 3.05) is 0 Å². The van der Waals surface area contributed by atoms with Crippen molar-refractivity contribution in [3.05, 3.63) is 386 Å². The molecule has 0 fully saturated rings. The van der Waals surface area contributed by atoms with Gasteiger partial charge in [-0.1, -0.05) is 297 Å². The zero-order valence-corrected chi connectivity index (χ0v) is 51.0. The molecule has 0 saturated heterocycles. The van der Waals surface area contributed by atoms with Crippen LogP contribution in [0.25, 0.3) is 144 Å². The van der Waals surface area contributed by atoms with Crippen LogP contribution in [0.15, 0.2) is 364 Å². The Kier molecular flexibility index (Phi) is 12.8. The van der Waals surface area contributed by atoms with Crippen LogP contribution in [0.2, 0.25) is 0 Å². The quantitative estimate of drug-likeness (QED) is 0.122. The van der Waals surface area contributed by atoms with Gasteiger partial charge in [-0.3, -0.25) is 0 Å². The predicted octanol–water partition coefficient (Wildman–Crippen LogP) is 23.9. The Balaban J connectivity index is 0.626. The van der Waals surface area contributed by atoms with Gasteiger partial charge < -0.3 is 9.13 Å². The number of aromatic nitrogens is 2. The minimum atomic E-state index is -0.571. The molecule has 2 heteroatoms. The van der Waals surface area contributed by atoms with Crippen LogP contribution in [0.3, 0.4) is 0 Å². The van der Waals surface area contributed by atoms with E-state index in [1.807, 2.05) is 0 Å². The van der Waals surface area contributed by atoms with E-state index in [2.05, 4.69) is 373 Å². The summed E-state index contributed by atoms with van der Waals surface area (Å²) >= 11 is 0. The standard InChI is InChI=1S/C91H60N2/c1-3-18-61(19-4-1)63-42-44-70(45-43-63)77-24-7-12-29-84(77)91(85-30-13-8-25-78(85)79-26-9-14-31-86(79)91)74-23-17-22-71(58-74)69-40-38-65(39-41-69)64-34-36-66(37-35-64)68-48-54-76(55-49-68)93-88-33-16-11-28-81(88)83-60-73(51-57-90(83)93)72-50-56-89-82(59-72)80-27-10-15-32-87(80)92(89)75-52-46-67(47-53-75)62-20-5-2-6-21-62/h1-60H. The fourth-order valence-corrected chi connectivity index (χ4v) is 15.3. The number of fused-ring (bicyclic) bond motifs is 9. The molecule has 1 aliphatic carbocycles. The van der Waals surface area contributed by atoms with Gasteiger partial charge in [0.25, 0.3) is 0 Å². The number of rotatable bonds is 11. The van der Waals surface area contributed by atoms with E-state index in [0.717, 1.165) is 11.4 Å². The Morgan fingerprint density at radius 1 is 0.172 bits per heavy atom. The monoisotopic (exact) mass is 1180 g/mol. The van der Waals surface area contributed by atoms with Crippen molar-refractivity contribution in [3.8, 4) is 100 Å². The minimum absolute atomic E-state index is 0.571. The Hall–Kier alpha value is -12.1. The lowest BCUT2D eigenvalue weighted by Gasteiger charge is -2.36. The third-order valence-electron chi connectivity index (χ3n) is 19.7. The molecule has 17 aromatic rings. The Morgan fingerprint density at radius 3 is 0.903 bits per heavy atom. The number of para-hydroxylation sites is 2. The molecule has 0 atom stereocenters. The number of hydrogen-bond acceptors (Lipinski definition) is 0. The maximum Gasteiger partial charge on any atom is 0.0719 e. The number of benzene rings is 15. The molecule has 0 amide bonds. The van der Waals surface area contributed by atoms with Gasteiger partial charge in [0.1, 0.15) is 0 Å². The summed E-state index contributed by atoms with van der Waals surface area (Å²) in [6.07, 6.45) is 0. The molecule has 434 valence electrons. The second-order valence-corrected chi connectivity index (χ2v) is 24.7. The lowest BCUT2D eigenvalue weighted by Crippen LogP contribution is -2.29. The highest BCUT2D eigenvalue weighted by molar-refractivity contribution is 6.13. The van der Waals surface area contributed by atoms with Crippen LogP contribution in [0.4, 0.5) is 0 Å². The summed E-state index contributed by atoms with van der Waals surface area (Å²) in [4.78, 5) is 0. The van der Waals surface area contributed by atoms with Gasteiger partial charge in [0.05, 0.1) is 27.5 Å². The van der Waals surface area contributed by atoms with E-state index in [1.54, 1.807) is 0 Å². The summed E-state index contributed by atoms with van der Waals surface area (Å²) in [5.74, 6) is 0. The minimum Gasteiger partial charge on any atom is -0.309 e. The van der Waals surface area contributed by atoms with Crippen molar-refractivity contribution in [2.45, 2.75) is 5.41 Å². The molecule has 0 saturated carbocycles. The van der Waals surface area contributed by atoms with Crippen LogP contribution in [0, 0.1) is 0 Å². The van der Waals surface area contributed by atoms with Gasteiger partial charge in [-0.15, -0.1) is 0 Å². The van der Waals surface area contributed by atoms with E-state index in [1.165, 1.54) is 155 Å². The van der Waals surface area contributed by atoms with Crippen LogP contribution in [-0.4, -0.2) is 9.13 Å². The topological polar surface area (TPSA) is 9.86 Å². The van der Waals surface area contributed by atoms with Crippen molar-refractivity contribution in [1.29, 1.82) is 0 Å². The van der Waals surface area contributed by atoms with Crippen molar-refractivity contribution >= 4 is 43.6 Å². The van der Waals surface area contributed by atoms with E-state index >= 15 is 0 Å². The predicted molar refractivity (Wildman–Crippen MR) is 390 cm³/mol. The summed E-state index contributed by atoms with van der Waals surface area (Å²) in [6.45, 7) is 0. The zero-order valence-electron chi connectivity index (χ0n) is 51.0. The lowest BCUT2D eigenvalue weighted by molar-refractivity contribution is 0.771. The Morgan fingerprint density at radius 2 is 0.462 bits per heavy atom. The first-order valence-electron chi connectivity index (χ1n) is 32.2. The maximum absolute atomic E-state index is 2.44. The van der Waals surface area contributed by atoms with Gasteiger partial charge in [0.15, 0.2) is 0 Å². The third kappa shape index (κ3) is 8.94. The van der Waals surface area contributed by atoms with Gasteiger partial charge in [-0.05, 0) is 178 Å². The molecule has 1 aliphatic rings. The lowest BCUT2D eigenvalue weighted by atomic mass is 9.65. The van der Waals surface area contributed by atoms with Crippen molar-refractivity contribution < 1.29 is 0 Å². The summed E-state index contributed by atoms with van der Waals surface area (Å²) in [6, 6.07) is 135. The molecule has 0 spiro atoms. The summed E-state index contributed by atoms with van der Waals surface area (Å²) in [5.41, 5.74) is 30.9. The molecule has 0 radical (unpaired) electrons. The van der Waals surface area contributed by atoms with Crippen molar-refractivity contribution in [1.82, 2.24) is 9.13 Å². The van der Waals surface area contributed by atoms with Gasteiger partial charge >= 0.3 is 0 Å². The molecule has 18 rings (SSSR count). The molecule has 2 heterocycles. The average molecular weight is 1180 g/mol. The molecular weight excluding hydrogens is 1120 g/mol. The van der Waals surface area contributed by atoms with Crippen LogP contribution in [0.5, 0.6) is 0 Å². The second-order valence-electron chi connectivity index (χ2n) is 24.7. The molecule has 15 aromatic carbocycles. The smallest absolute Gasteiger partial charge is 0.0719 e. The first kappa shape index (κ1) is 53.9. The largest absolute Gasteiger partial charge is 0.309 e. The van der Waals surface area contributed by atoms with Gasteiger partial charge in [0.2, 0.25) is 0 Å². The van der Waals surface area contributed by atoms with Crippen LogP contribution >= 0.6 is 0 Å². The number of hydrogen-bond donors (Lipinski definition) is 0. The molecular formula is C91H60N2. The summed E-state index contributed by atoms with van der Waals surface area (Å²) < 4.78 is 4.82. The fraction of sp³-hybridized carbons (Fsp3) is 0.0110. The highest BCUT2D eigenvalue weighted by Gasteiger charge is 2.47. The molecule has 2 nitrogen and oxygen atoms in total. The fourth-order valence-electron chi connectivity index (χ4n) is 15.3. The normalized spacial score (nSPS) is 12.4. The molecule has 2 aromatic heterocycles. The van der Waals surface area contributed by atoms with Crippen LogP contribution in [0.1, 0.15) is 22.3 Å². The Labute approximate surface area is 541 Å². The summed E-state index contributed by atoms with van der Waals surface area (Å²) in [7, 11) is 0. The van der Waals surface area contributed by atoms with Gasteiger partial charge in [-0.2, -0.15) is 0 Å². The first-order valence-corrected chi connectivity index (χ1v) is 32.2. The SMILES string of the molecule is c1ccc(-c2ccc(-c3ccccc3C3(c4cccc(-c5ccc(-c6ccc(-c7ccc(-n8c9ccccc9c9cc(-c%10ccc%11c(c%10)c%10ccccc%10n%11-c%10ccc(-c%11ccccc%11)cc%10)ccc98)cc7)cc6)cc5)c4)c4ccccc4-c4ccccc43)cc2)cc1. The maximum atomic E-state index is 2.44. The van der Waals surface area contributed by atoms with E-state index in [9.17, 15) is 0 Å². The average Bonchev–Trinajstić information content (AvgIpc) is 1.56. The molecule has 0 bridgehead atoms. The Bertz CT molecular complexity index is 5630. The molecule has 0 aliphatic heterocycles. The summed E-state index contributed by atoms with van der Waals surface area (Å²) in [5, 5.41) is 4.96. The zero-order chi connectivity index (χ0) is 61.4. The van der Waals surface area contributed by atoms with E-state index in [-0.39, 0.29) is 0 Å². The van der Waals surface area contributed by atoms with Crippen molar-refractivity contribution in [3.63, 3.8) is 0 Å². The molecule has 0 N–H and O–H groups in total. The third-order valence-corrected chi connectivity index (χ3v) is 19.7. The van der Waals surface area contributed by atoms with Gasteiger partial charge in [0, 0.05) is 32.9 Å². The highest BCUT2D eigenvalue weighted by Crippen LogP contribution is 2.58. The van der Waals surface area contributed by atoms with Crippen LogP contribution < -0.4 is 0 Å². The van der Waals surface area contributed by atoms with Gasteiger partial charge in [-0.25, -0.2) is 0 Å². The molecule has 93 heavy (non-hydrogen) atoms. The first-order chi connectivity index (χ1) is 46.1. The van der Waals surface area contributed by atoms with E-state index in [4.69, 9.17) is 0 Å². The highest BCUT2D eigenvalue weighted by atomic mass is 15.0. The van der Waals surface area contributed by atoms with E-state index in [0.29, 0.717) is 0 Å². The van der Waals surface area contributed by atoms with Crippen molar-refractivity contribution in [2.24, 2.45) is 0 Å².